The van der Waals surface area contributed by atoms with E-state index in [1.54, 1.807) is 0 Å². The first-order chi connectivity index (χ1) is 7.90. The van der Waals surface area contributed by atoms with Crippen molar-refractivity contribution in [3.63, 3.8) is 0 Å². The first kappa shape index (κ1) is 11.4. The zero-order valence-electron chi connectivity index (χ0n) is 10.1. The summed E-state index contributed by atoms with van der Waals surface area (Å²) in [5, 5.41) is 6.73. The van der Waals surface area contributed by atoms with E-state index in [1.165, 1.54) is 30.5 Å². The van der Waals surface area contributed by atoms with Crippen LogP contribution in [0.1, 0.15) is 31.0 Å². The summed E-state index contributed by atoms with van der Waals surface area (Å²) < 4.78 is 0. The van der Waals surface area contributed by atoms with Gasteiger partial charge in [-0.1, -0.05) is 13.0 Å². The molecule has 3 nitrogen and oxygen atoms in total. The van der Waals surface area contributed by atoms with E-state index in [0.29, 0.717) is 0 Å². The topological polar surface area (TPSA) is 37.0 Å². The fourth-order valence-electron chi connectivity index (χ4n) is 2.10. The van der Waals surface area contributed by atoms with Crippen LogP contribution in [-0.4, -0.2) is 24.6 Å². The first-order valence-electron chi connectivity index (χ1n) is 6.33. The van der Waals surface area contributed by atoms with Gasteiger partial charge in [-0.2, -0.15) is 0 Å². The van der Waals surface area contributed by atoms with Gasteiger partial charge >= 0.3 is 0 Å². The summed E-state index contributed by atoms with van der Waals surface area (Å²) in [5.41, 5.74) is 2.74. The minimum absolute atomic E-state index is 0.950. The summed E-state index contributed by atoms with van der Waals surface area (Å²) in [7, 11) is 0. The van der Waals surface area contributed by atoms with Crippen LogP contribution in [0, 0.1) is 0 Å². The molecule has 1 aromatic heterocycles. The molecule has 1 aliphatic rings. The van der Waals surface area contributed by atoms with Crippen LogP contribution in [-0.2, 0) is 12.8 Å². The molecule has 0 spiro atoms. The van der Waals surface area contributed by atoms with Gasteiger partial charge in [0.15, 0.2) is 0 Å². The number of anilines is 1. The van der Waals surface area contributed by atoms with Crippen LogP contribution < -0.4 is 10.6 Å². The highest BCUT2D eigenvalue weighted by atomic mass is 15.0. The van der Waals surface area contributed by atoms with Gasteiger partial charge in [0, 0.05) is 18.8 Å². The number of nitrogens with zero attached hydrogens (tertiary/aromatic N) is 1. The predicted octanol–water partition coefficient (Wildman–Crippen LogP) is 1.98. The molecule has 0 bridgehead atoms. The first-order valence-corrected chi connectivity index (χ1v) is 6.33. The normalized spacial score (nSPS) is 13.8. The van der Waals surface area contributed by atoms with Crippen molar-refractivity contribution >= 4 is 5.82 Å². The van der Waals surface area contributed by atoms with Gasteiger partial charge in [0.05, 0.1) is 0 Å². The van der Waals surface area contributed by atoms with Crippen LogP contribution in [0.15, 0.2) is 12.1 Å². The van der Waals surface area contributed by atoms with Crippen molar-refractivity contribution < 1.29 is 0 Å². The van der Waals surface area contributed by atoms with Crippen molar-refractivity contribution in [2.45, 2.75) is 32.6 Å². The van der Waals surface area contributed by atoms with Gasteiger partial charge in [0.1, 0.15) is 5.82 Å². The zero-order chi connectivity index (χ0) is 11.2. The molecule has 3 heteroatoms. The number of aromatic nitrogens is 1. The van der Waals surface area contributed by atoms with Crippen molar-refractivity contribution in [2.24, 2.45) is 0 Å². The Bertz CT molecular complexity index is 336. The van der Waals surface area contributed by atoms with Crippen LogP contribution in [0.3, 0.4) is 0 Å². The van der Waals surface area contributed by atoms with E-state index < -0.39 is 0 Å². The predicted molar refractivity (Wildman–Crippen MR) is 67.9 cm³/mol. The number of fused-ring (bicyclic) bond motifs is 1. The van der Waals surface area contributed by atoms with Crippen molar-refractivity contribution in [3.8, 4) is 0 Å². The summed E-state index contributed by atoms with van der Waals surface area (Å²) in [4.78, 5) is 4.63. The smallest absolute Gasteiger partial charge is 0.126 e. The molecule has 0 atom stereocenters. The SMILES string of the molecule is CCCNCCNc1ccc2c(n1)CCC2. The molecule has 1 heterocycles. The molecule has 0 aliphatic heterocycles. The van der Waals surface area contributed by atoms with Gasteiger partial charge in [0.25, 0.3) is 0 Å². The lowest BCUT2D eigenvalue weighted by Crippen LogP contribution is -2.23. The summed E-state index contributed by atoms with van der Waals surface area (Å²) in [6.45, 7) is 5.24. The molecule has 0 saturated carbocycles. The Labute approximate surface area is 97.7 Å². The molecule has 0 unspecified atom stereocenters. The van der Waals surface area contributed by atoms with Crippen molar-refractivity contribution in [1.82, 2.24) is 10.3 Å². The average molecular weight is 219 g/mol. The fraction of sp³-hybridized carbons (Fsp3) is 0.615. The molecule has 88 valence electrons. The molecule has 2 N–H and O–H groups in total. The zero-order valence-corrected chi connectivity index (χ0v) is 10.1. The number of hydrogen-bond donors (Lipinski definition) is 2. The summed E-state index contributed by atoms with van der Waals surface area (Å²) in [6.07, 6.45) is 4.82. The third kappa shape index (κ3) is 2.95. The Morgan fingerprint density at radius 3 is 3.00 bits per heavy atom. The summed E-state index contributed by atoms with van der Waals surface area (Å²) in [5.74, 6) is 1.03. The van der Waals surface area contributed by atoms with Crippen LogP contribution in [0.25, 0.3) is 0 Å². The lowest BCUT2D eigenvalue weighted by atomic mass is 10.2. The second-order valence-electron chi connectivity index (χ2n) is 4.33. The summed E-state index contributed by atoms with van der Waals surface area (Å²) in [6, 6.07) is 4.32. The van der Waals surface area contributed by atoms with E-state index in [0.717, 1.165) is 31.9 Å². The highest BCUT2D eigenvalue weighted by molar-refractivity contribution is 5.40. The quantitative estimate of drug-likeness (QED) is 0.718. The molecule has 1 aromatic rings. The maximum absolute atomic E-state index is 4.63. The molecular formula is C13H21N3. The van der Waals surface area contributed by atoms with Crippen molar-refractivity contribution in [1.29, 1.82) is 0 Å². The number of nitrogens with one attached hydrogen (secondary N) is 2. The van der Waals surface area contributed by atoms with Crippen LogP contribution >= 0.6 is 0 Å². The fourth-order valence-corrected chi connectivity index (χ4v) is 2.10. The minimum Gasteiger partial charge on any atom is -0.369 e. The largest absolute Gasteiger partial charge is 0.369 e. The standard InChI is InChI=1S/C13H21N3/c1-2-8-14-9-10-15-13-7-6-11-4-3-5-12(11)16-13/h6-7,14H,2-5,8-10H2,1H3,(H,15,16). The maximum Gasteiger partial charge on any atom is 0.126 e. The van der Waals surface area contributed by atoms with Gasteiger partial charge in [-0.25, -0.2) is 4.98 Å². The molecule has 2 rings (SSSR count). The van der Waals surface area contributed by atoms with Gasteiger partial charge in [0.2, 0.25) is 0 Å². The number of hydrogen-bond acceptors (Lipinski definition) is 3. The van der Waals surface area contributed by atoms with E-state index in [4.69, 9.17) is 0 Å². The highest BCUT2D eigenvalue weighted by Crippen LogP contribution is 2.21. The lowest BCUT2D eigenvalue weighted by molar-refractivity contribution is 0.687. The molecule has 1 aliphatic carbocycles. The van der Waals surface area contributed by atoms with Gasteiger partial charge in [-0.15, -0.1) is 0 Å². The molecule has 0 radical (unpaired) electrons. The third-order valence-electron chi connectivity index (χ3n) is 2.96. The van der Waals surface area contributed by atoms with Crippen LogP contribution in [0.4, 0.5) is 5.82 Å². The molecule has 0 amide bonds. The molecule has 0 saturated heterocycles. The number of aryl methyl sites for hydroxylation is 2. The third-order valence-corrected chi connectivity index (χ3v) is 2.96. The Morgan fingerprint density at radius 1 is 1.19 bits per heavy atom. The second-order valence-corrected chi connectivity index (χ2v) is 4.33. The van der Waals surface area contributed by atoms with E-state index in [9.17, 15) is 0 Å². The molecule has 0 aromatic carbocycles. The van der Waals surface area contributed by atoms with E-state index >= 15 is 0 Å². The molecular weight excluding hydrogens is 198 g/mol. The minimum atomic E-state index is 0.950. The monoisotopic (exact) mass is 219 g/mol. The Kier molecular flexibility index (Phi) is 4.17. The Hall–Kier alpha value is -1.09. The molecule has 0 fully saturated rings. The van der Waals surface area contributed by atoms with Crippen molar-refractivity contribution in [3.05, 3.63) is 23.4 Å². The van der Waals surface area contributed by atoms with E-state index in [2.05, 4.69) is 34.7 Å². The second kappa shape index (κ2) is 5.85. The Balaban J connectivity index is 1.77. The summed E-state index contributed by atoms with van der Waals surface area (Å²) >= 11 is 0. The molecule has 16 heavy (non-hydrogen) atoms. The van der Waals surface area contributed by atoms with Crippen LogP contribution in [0.5, 0.6) is 0 Å². The van der Waals surface area contributed by atoms with Gasteiger partial charge in [-0.3, -0.25) is 0 Å². The van der Waals surface area contributed by atoms with Gasteiger partial charge < -0.3 is 10.6 Å². The number of rotatable bonds is 6. The van der Waals surface area contributed by atoms with Crippen LogP contribution in [0.2, 0.25) is 0 Å². The number of pyridine rings is 1. The van der Waals surface area contributed by atoms with E-state index in [1.807, 2.05) is 0 Å². The van der Waals surface area contributed by atoms with E-state index in [-0.39, 0.29) is 0 Å². The Morgan fingerprint density at radius 2 is 2.12 bits per heavy atom. The maximum atomic E-state index is 4.63. The average Bonchev–Trinajstić information content (AvgIpc) is 2.76. The highest BCUT2D eigenvalue weighted by Gasteiger charge is 2.11. The van der Waals surface area contributed by atoms with Gasteiger partial charge in [-0.05, 0) is 43.9 Å². The lowest BCUT2D eigenvalue weighted by Gasteiger charge is -2.08. The van der Waals surface area contributed by atoms with Crippen molar-refractivity contribution in [2.75, 3.05) is 25.0 Å².